The Bertz CT molecular complexity index is 737. The van der Waals surface area contributed by atoms with Crippen LogP contribution in [0.15, 0.2) is 46.0 Å². The molecular formula is C16H19NO4S2. The van der Waals surface area contributed by atoms with Gasteiger partial charge in [0.25, 0.3) is 0 Å². The van der Waals surface area contributed by atoms with Crippen LogP contribution in [0.4, 0.5) is 0 Å². The van der Waals surface area contributed by atoms with E-state index in [2.05, 4.69) is 5.32 Å². The standard InChI is InChI=1S/C16H19NO4S2/c1-3-15(18)17-11-14(12-6-8-13(21-2)9-7-12)23(19,20)16-5-4-10-22-16/h4-10,14H,3,11H2,1-2H3,(H,17,18)/t14-/m1/s1. The lowest BCUT2D eigenvalue weighted by Gasteiger charge is -2.18. The highest BCUT2D eigenvalue weighted by Gasteiger charge is 2.30. The largest absolute Gasteiger partial charge is 0.497 e. The fraction of sp³-hybridized carbons (Fsp3) is 0.312. The Kier molecular flexibility index (Phi) is 5.79. The summed E-state index contributed by atoms with van der Waals surface area (Å²) in [6.45, 7) is 1.77. The average Bonchev–Trinajstić information content (AvgIpc) is 3.10. The number of carbonyl (C=O) groups excluding carboxylic acids is 1. The molecule has 0 aliphatic carbocycles. The molecule has 1 N–H and O–H groups in total. The third kappa shape index (κ3) is 4.11. The van der Waals surface area contributed by atoms with E-state index in [1.807, 2.05) is 0 Å². The van der Waals surface area contributed by atoms with Gasteiger partial charge in [-0.2, -0.15) is 0 Å². The molecule has 1 aromatic heterocycles. The first kappa shape index (κ1) is 17.5. The summed E-state index contributed by atoms with van der Waals surface area (Å²) in [7, 11) is -2.02. The molecule has 0 saturated carbocycles. The van der Waals surface area contributed by atoms with Crippen LogP contribution >= 0.6 is 11.3 Å². The van der Waals surface area contributed by atoms with Crippen molar-refractivity contribution in [3.8, 4) is 5.75 Å². The smallest absolute Gasteiger partial charge is 0.219 e. The highest BCUT2D eigenvalue weighted by molar-refractivity contribution is 7.93. The number of ether oxygens (including phenoxy) is 1. The van der Waals surface area contributed by atoms with Gasteiger partial charge >= 0.3 is 0 Å². The number of amides is 1. The molecule has 1 heterocycles. The van der Waals surface area contributed by atoms with Crippen LogP contribution in [0.3, 0.4) is 0 Å². The molecule has 0 unspecified atom stereocenters. The van der Waals surface area contributed by atoms with Crippen molar-refractivity contribution in [2.24, 2.45) is 0 Å². The Morgan fingerprint density at radius 3 is 2.48 bits per heavy atom. The maximum absolute atomic E-state index is 12.9. The van der Waals surface area contributed by atoms with Crippen LogP contribution in [0.1, 0.15) is 24.2 Å². The summed E-state index contributed by atoms with van der Waals surface area (Å²) >= 11 is 1.18. The van der Waals surface area contributed by atoms with Crippen LogP contribution in [0.2, 0.25) is 0 Å². The first-order valence-corrected chi connectivity index (χ1v) is 9.59. The van der Waals surface area contributed by atoms with Gasteiger partial charge in [-0.15, -0.1) is 11.3 Å². The van der Waals surface area contributed by atoms with Crippen LogP contribution in [0.25, 0.3) is 0 Å². The van der Waals surface area contributed by atoms with Crippen LogP contribution in [-0.2, 0) is 14.6 Å². The maximum atomic E-state index is 12.9. The van der Waals surface area contributed by atoms with E-state index in [1.165, 1.54) is 11.3 Å². The number of benzene rings is 1. The van der Waals surface area contributed by atoms with Gasteiger partial charge in [-0.25, -0.2) is 8.42 Å². The van der Waals surface area contributed by atoms with Crippen molar-refractivity contribution in [3.05, 3.63) is 47.3 Å². The van der Waals surface area contributed by atoms with E-state index >= 15 is 0 Å². The van der Waals surface area contributed by atoms with Gasteiger partial charge in [0, 0.05) is 13.0 Å². The quantitative estimate of drug-likeness (QED) is 0.831. The van der Waals surface area contributed by atoms with Crippen molar-refractivity contribution in [1.29, 1.82) is 0 Å². The zero-order valence-electron chi connectivity index (χ0n) is 13.0. The van der Waals surface area contributed by atoms with Gasteiger partial charge < -0.3 is 10.1 Å². The van der Waals surface area contributed by atoms with E-state index in [0.717, 1.165) is 0 Å². The topological polar surface area (TPSA) is 72.5 Å². The van der Waals surface area contributed by atoms with Gasteiger partial charge in [-0.1, -0.05) is 25.1 Å². The van der Waals surface area contributed by atoms with Crippen molar-refractivity contribution in [2.45, 2.75) is 22.8 Å². The van der Waals surface area contributed by atoms with Crippen molar-refractivity contribution in [2.75, 3.05) is 13.7 Å². The van der Waals surface area contributed by atoms with Crippen LogP contribution in [0.5, 0.6) is 5.75 Å². The Morgan fingerprint density at radius 1 is 1.26 bits per heavy atom. The lowest BCUT2D eigenvalue weighted by atomic mass is 10.1. The number of carbonyl (C=O) groups is 1. The second kappa shape index (κ2) is 7.61. The van der Waals surface area contributed by atoms with Crippen LogP contribution in [0, 0.1) is 0 Å². The first-order chi connectivity index (χ1) is 11.0. The van der Waals surface area contributed by atoms with Gasteiger partial charge in [0.05, 0.1) is 7.11 Å². The highest BCUT2D eigenvalue weighted by atomic mass is 32.2. The lowest BCUT2D eigenvalue weighted by molar-refractivity contribution is -0.120. The lowest BCUT2D eigenvalue weighted by Crippen LogP contribution is -2.31. The van der Waals surface area contributed by atoms with Gasteiger partial charge in [-0.3, -0.25) is 4.79 Å². The molecule has 0 fully saturated rings. The molecule has 1 aromatic carbocycles. The van der Waals surface area contributed by atoms with E-state index in [0.29, 0.717) is 21.9 Å². The molecular weight excluding hydrogens is 334 g/mol. The number of methoxy groups -OCH3 is 1. The van der Waals surface area contributed by atoms with Crippen molar-refractivity contribution >= 4 is 27.1 Å². The van der Waals surface area contributed by atoms with E-state index < -0.39 is 15.1 Å². The monoisotopic (exact) mass is 353 g/mol. The minimum atomic E-state index is -3.57. The van der Waals surface area contributed by atoms with E-state index in [-0.39, 0.29) is 12.5 Å². The van der Waals surface area contributed by atoms with Gasteiger partial charge in [0.1, 0.15) is 15.2 Å². The summed E-state index contributed by atoms with van der Waals surface area (Å²) < 4.78 is 31.2. The number of rotatable bonds is 7. The molecule has 1 atom stereocenters. The summed E-state index contributed by atoms with van der Waals surface area (Å²) in [5.74, 6) is 0.475. The fourth-order valence-electron chi connectivity index (χ4n) is 2.12. The van der Waals surface area contributed by atoms with Gasteiger partial charge in [-0.05, 0) is 29.1 Å². The molecule has 1 amide bonds. The Balaban J connectivity index is 2.36. The summed E-state index contributed by atoms with van der Waals surface area (Å²) in [5.41, 5.74) is 0.621. The average molecular weight is 353 g/mol. The summed E-state index contributed by atoms with van der Waals surface area (Å²) in [6, 6.07) is 10.1. The van der Waals surface area contributed by atoms with E-state index in [1.54, 1.807) is 55.8 Å². The van der Waals surface area contributed by atoms with Gasteiger partial charge in [0.15, 0.2) is 9.84 Å². The third-order valence-electron chi connectivity index (χ3n) is 3.44. The molecule has 7 heteroatoms. The van der Waals surface area contributed by atoms with Crippen molar-refractivity contribution < 1.29 is 17.9 Å². The minimum Gasteiger partial charge on any atom is -0.497 e. The zero-order valence-corrected chi connectivity index (χ0v) is 14.6. The second-order valence-electron chi connectivity index (χ2n) is 4.90. The highest BCUT2D eigenvalue weighted by Crippen LogP contribution is 2.32. The Morgan fingerprint density at radius 2 is 1.96 bits per heavy atom. The van der Waals surface area contributed by atoms with Crippen molar-refractivity contribution in [1.82, 2.24) is 5.32 Å². The summed E-state index contributed by atoms with van der Waals surface area (Å²) in [4.78, 5) is 11.5. The zero-order chi connectivity index (χ0) is 16.9. The molecule has 2 rings (SSSR count). The fourth-order valence-corrected chi connectivity index (χ4v) is 4.99. The van der Waals surface area contributed by atoms with Gasteiger partial charge in [0.2, 0.25) is 5.91 Å². The molecule has 0 saturated heterocycles. The molecule has 124 valence electrons. The Labute approximate surface area is 140 Å². The summed E-state index contributed by atoms with van der Waals surface area (Å²) in [5, 5.41) is 3.58. The number of sulfone groups is 1. The number of nitrogens with one attached hydrogen (secondary N) is 1. The Hall–Kier alpha value is -1.86. The predicted octanol–water partition coefficient (Wildman–Crippen LogP) is 2.80. The minimum absolute atomic E-state index is 0.0409. The number of hydrogen-bond donors (Lipinski definition) is 1. The SMILES string of the molecule is CCC(=O)NC[C@H](c1ccc(OC)cc1)S(=O)(=O)c1cccs1. The third-order valence-corrected chi connectivity index (χ3v) is 6.98. The molecule has 0 spiro atoms. The number of thiophene rings is 1. The molecule has 0 aliphatic rings. The van der Waals surface area contributed by atoms with E-state index in [9.17, 15) is 13.2 Å². The maximum Gasteiger partial charge on any atom is 0.219 e. The molecule has 0 bridgehead atoms. The first-order valence-electron chi connectivity index (χ1n) is 7.17. The number of hydrogen-bond acceptors (Lipinski definition) is 5. The van der Waals surface area contributed by atoms with Crippen LogP contribution < -0.4 is 10.1 Å². The molecule has 5 nitrogen and oxygen atoms in total. The van der Waals surface area contributed by atoms with E-state index in [4.69, 9.17) is 4.74 Å². The van der Waals surface area contributed by atoms with Crippen molar-refractivity contribution in [3.63, 3.8) is 0 Å². The molecule has 23 heavy (non-hydrogen) atoms. The normalized spacial score (nSPS) is 12.6. The molecule has 0 aliphatic heterocycles. The molecule has 0 radical (unpaired) electrons. The molecule has 2 aromatic rings. The predicted molar refractivity (Wildman–Crippen MR) is 90.5 cm³/mol. The second-order valence-corrected chi connectivity index (χ2v) is 8.20. The van der Waals surface area contributed by atoms with Crippen LogP contribution in [-0.4, -0.2) is 28.0 Å². The summed E-state index contributed by atoms with van der Waals surface area (Å²) in [6.07, 6.45) is 0.314.